The highest BCUT2D eigenvalue weighted by Gasteiger charge is 2.19. The van der Waals surface area contributed by atoms with Crippen molar-refractivity contribution >= 4 is 0 Å². The fourth-order valence-corrected chi connectivity index (χ4v) is 3.18. The molecule has 114 valence electrons. The normalized spacial score (nSPS) is 20.7. The summed E-state index contributed by atoms with van der Waals surface area (Å²) in [5, 5.41) is 0. The highest BCUT2D eigenvalue weighted by Crippen LogP contribution is 2.34. The lowest BCUT2D eigenvalue weighted by atomic mass is 9.79. The molecule has 0 spiro atoms. The van der Waals surface area contributed by atoms with Crippen LogP contribution >= 0.6 is 0 Å². The summed E-state index contributed by atoms with van der Waals surface area (Å²) in [7, 11) is 0. The van der Waals surface area contributed by atoms with Gasteiger partial charge in [0.1, 0.15) is 0 Å². The van der Waals surface area contributed by atoms with Gasteiger partial charge in [-0.1, -0.05) is 72.3 Å². The van der Waals surface area contributed by atoms with Crippen molar-refractivity contribution in [3.63, 3.8) is 0 Å². The third kappa shape index (κ3) is 6.11. The van der Waals surface area contributed by atoms with Crippen LogP contribution in [0.5, 0.6) is 0 Å². The molecule has 0 amide bonds. The average molecular weight is 274 g/mol. The summed E-state index contributed by atoms with van der Waals surface area (Å²) in [6, 6.07) is 0. The average Bonchev–Trinajstić information content (AvgIpc) is 2.24. The maximum Gasteiger partial charge on any atom is -0.00947 e. The minimum atomic E-state index is 0.378. The first-order valence-electron chi connectivity index (χ1n) is 8.05. The van der Waals surface area contributed by atoms with Crippen LogP contribution in [0.3, 0.4) is 0 Å². The maximum atomic E-state index is 2.46. The summed E-state index contributed by atoms with van der Waals surface area (Å²) >= 11 is 0. The van der Waals surface area contributed by atoms with Gasteiger partial charge >= 0.3 is 0 Å². The van der Waals surface area contributed by atoms with E-state index < -0.39 is 0 Å². The van der Waals surface area contributed by atoms with Crippen molar-refractivity contribution in [1.29, 1.82) is 0 Å². The minimum absolute atomic E-state index is 0.378. The third-order valence-corrected chi connectivity index (χ3v) is 3.82. The summed E-state index contributed by atoms with van der Waals surface area (Å²) < 4.78 is 0. The zero-order valence-corrected chi connectivity index (χ0v) is 14.9. The summed E-state index contributed by atoms with van der Waals surface area (Å²) in [4.78, 5) is 0. The standard InChI is InChI=1S/C20H34/c1-15(13-19(3,4)5)17-10-9-11-18(12-17)16(2)14-20(6,7)8/h9-10,12,15H,11,13-14H2,1-8H3/b18-16+. The first kappa shape index (κ1) is 17.3. The van der Waals surface area contributed by atoms with Gasteiger partial charge in [0.15, 0.2) is 0 Å². The third-order valence-electron chi connectivity index (χ3n) is 3.82. The van der Waals surface area contributed by atoms with Crippen molar-refractivity contribution in [2.75, 3.05) is 0 Å². The molecule has 0 saturated carbocycles. The van der Waals surface area contributed by atoms with Crippen molar-refractivity contribution < 1.29 is 0 Å². The largest absolute Gasteiger partial charge is 0.0799 e. The Morgan fingerprint density at radius 2 is 1.70 bits per heavy atom. The van der Waals surface area contributed by atoms with Gasteiger partial charge in [0.05, 0.1) is 0 Å². The van der Waals surface area contributed by atoms with Crippen LogP contribution in [0.1, 0.15) is 74.7 Å². The van der Waals surface area contributed by atoms with Crippen LogP contribution < -0.4 is 0 Å². The molecule has 0 bridgehead atoms. The molecule has 0 aliphatic heterocycles. The molecule has 0 aromatic rings. The Kier molecular flexibility index (Phi) is 5.46. The lowest BCUT2D eigenvalue weighted by molar-refractivity contribution is 0.331. The number of hydrogen-bond acceptors (Lipinski definition) is 0. The second-order valence-corrected chi connectivity index (χ2v) is 8.96. The molecule has 0 fully saturated rings. The van der Waals surface area contributed by atoms with E-state index in [2.05, 4.69) is 73.6 Å². The van der Waals surface area contributed by atoms with Crippen LogP contribution in [0.2, 0.25) is 0 Å². The van der Waals surface area contributed by atoms with Gasteiger partial charge in [0.2, 0.25) is 0 Å². The van der Waals surface area contributed by atoms with Gasteiger partial charge < -0.3 is 0 Å². The number of hydrogen-bond donors (Lipinski definition) is 0. The van der Waals surface area contributed by atoms with Crippen LogP contribution in [-0.4, -0.2) is 0 Å². The molecule has 1 aliphatic rings. The van der Waals surface area contributed by atoms with Crippen LogP contribution in [0.4, 0.5) is 0 Å². The highest BCUT2D eigenvalue weighted by molar-refractivity contribution is 5.40. The zero-order valence-electron chi connectivity index (χ0n) is 14.9. The highest BCUT2D eigenvalue weighted by atomic mass is 14.2. The monoisotopic (exact) mass is 274 g/mol. The molecule has 0 radical (unpaired) electrons. The second-order valence-electron chi connectivity index (χ2n) is 8.96. The van der Waals surface area contributed by atoms with E-state index in [4.69, 9.17) is 0 Å². The topological polar surface area (TPSA) is 0 Å². The van der Waals surface area contributed by atoms with Gasteiger partial charge in [-0.15, -0.1) is 0 Å². The molecule has 0 nitrogen and oxygen atoms in total. The zero-order chi connectivity index (χ0) is 15.6. The van der Waals surface area contributed by atoms with Gasteiger partial charge in [0, 0.05) is 0 Å². The molecule has 0 saturated heterocycles. The van der Waals surface area contributed by atoms with E-state index in [0.717, 1.165) is 6.42 Å². The Morgan fingerprint density at radius 1 is 1.10 bits per heavy atom. The maximum absolute atomic E-state index is 2.46. The summed E-state index contributed by atoms with van der Waals surface area (Å²) in [5.74, 6) is 0.643. The van der Waals surface area contributed by atoms with Crippen molar-refractivity contribution in [2.45, 2.75) is 74.7 Å². The first-order valence-corrected chi connectivity index (χ1v) is 8.05. The molecule has 1 rings (SSSR count). The Labute approximate surface area is 127 Å². The van der Waals surface area contributed by atoms with Gasteiger partial charge in [-0.3, -0.25) is 0 Å². The van der Waals surface area contributed by atoms with Crippen LogP contribution in [0, 0.1) is 16.7 Å². The molecule has 0 heterocycles. The molecule has 1 unspecified atom stereocenters. The SMILES string of the molecule is C/C(CC(C)(C)C)=C1\C=C(C(C)CC(C)(C)C)C=CC1. The van der Waals surface area contributed by atoms with Crippen LogP contribution in [0.15, 0.2) is 34.9 Å². The van der Waals surface area contributed by atoms with E-state index in [9.17, 15) is 0 Å². The Morgan fingerprint density at radius 3 is 2.20 bits per heavy atom. The van der Waals surface area contributed by atoms with E-state index in [1.807, 2.05) is 0 Å². The van der Waals surface area contributed by atoms with Crippen molar-refractivity contribution in [3.05, 3.63) is 34.9 Å². The van der Waals surface area contributed by atoms with Gasteiger partial charge in [0.25, 0.3) is 0 Å². The first-order chi connectivity index (χ1) is 8.98. The summed E-state index contributed by atoms with van der Waals surface area (Å²) in [6.45, 7) is 18.6. The molecular formula is C20H34. The van der Waals surface area contributed by atoms with E-state index in [-0.39, 0.29) is 0 Å². The molecule has 0 aromatic heterocycles. The predicted molar refractivity (Wildman–Crippen MR) is 91.8 cm³/mol. The van der Waals surface area contributed by atoms with Gasteiger partial charge in [-0.05, 0) is 54.1 Å². The molecular weight excluding hydrogens is 240 g/mol. The van der Waals surface area contributed by atoms with Crippen LogP contribution in [0.25, 0.3) is 0 Å². The van der Waals surface area contributed by atoms with E-state index >= 15 is 0 Å². The quantitative estimate of drug-likeness (QED) is 0.537. The minimum Gasteiger partial charge on any atom is -0.0799 e. The number of rotatable bonds is 3. The Hall–Kier alpha value is -0.780. The van der Waals surface area contributed by atoms with E-state index in [1.54, 1.807) is 5.57 Å². The fraction of sp³-hybridized carbons (Fsp3) is 0.700. The van der Waals surface area contributed by atoms with E-state index in [0.29, 0.717) is 16.7 Å². The number of allylic oxidation sites excluding steroid dienone is 6. The molecule has 0 N–H and O–H groups in total. The van der Waals surface area contributed by atoms with Gasteiger partial charge in [-0.25, -0.2) is 0 Å². The van der Waals surface area contributed by atoms with Crippen molar-refractivity contribution in [3.8, 4) is 0 Å². The lowest BCUT2D eigenvalue weighted by Gasteiger charge is -2.26. The summed E-state index contributed by atoms with van der Waals surface area (Å²) in [6.07, 6.45) is 10.7. The summed E-state index contributed by atoms with van der Waals surface area (Å²) in [5.41, 5.74) is 5.38. The van der Waals surface area contributed by atoms with Crippen molar-refractivity contribution in [1.82, 2.24) is 0 Å². The van der Waals surface area contributed by atoms with E-state index in [1.165, 1.54) is 24.0 Å². The fourth-order valence-electron chi connectivity index (χ4n) is 3.18. The molecule has 1 aliphatic carbocycles. The Bertz CT molecular complexity index is 416. The molecule has 0 aromatic carbocycles. The van der Waals surface area contributed by atoms with Gasteiger partial charge in [-0.2, -0.15) is 0 Å². The Balaban J connectivity index is 2.89. The van der Waals surface area contributed by atoms with Crippen molar-refractivity contribution in [2.24, 2.45) is 16.7 Å². The predicted octanol–water partition coefficient (Wildman–Crippen LogP) is 6.70. The smallest absolute Gasteiger partial charge is 0.00947 e. The second kappa shape index (κ2) is 6.33. The lowest BCUT2D eigenvalue weighted by Crippen LogP contribution is -2.13. The molecule has 20 heavy (non-hydrogen) atoms. The molecule has 0 heteroatoms. The van der Waals surface area contributed by atoms with Crippen LogP contribution in [-0.2, 0) is 0 Å². The molecule has 1 atom stereocenters.